The molecule has 1 aliphatic rings. The van der Waals surface area contributed by atoms with Gasteiger partial charge in [0, 0.05) is 6.61 Å². The average Bonchev–Trinajstić information content (AvgIpc) is 3.36. The molecule has 1 fully saturated rings. The first-order valence-electron chi connectivity index (χ1n) is 9.69. The van der Waals surface area contributed by atoms with E-state index in [1.54, 1.807) is 42.5 Å². The molecule has 6 nitrogen and oxygen atoms in total. The van der Waals surface area contributed by atoms with Crippen LogP contribution in [0.4, 0.5) is 5.69 Å². The van der Waals surface area contributed by atoms with Crippen molar-refractivity contribution in [2.24, 2.45) is 0 Å². The second-order valence-electron chi connectivity index (χ2n) is 6.84. The number of quaternary nitrogens is 1. The maximum atomic E-state index is 12.7. The maximum absolute atomic E-state index is 12.7. The number of anilines is 1. The first-order valence-corrected chi connectivity index (χ1v) is 10.6. The quantitative estimate of drug-likeness (QED) is 0.630. The van der Waals surface area contributed by atoms with Gasteiger partial charge in [-0.15, -0.1) is 11.3 Å². The molecule has 3 rings (SSSR count). The number of hydrogen-bond donors (Lipinski definition) is 2. The Morgan fingerprint density at radius 3 is 2.86 bits per heavy atom. The second kappa shape index (κ2) is 10.4. The molecule has 1 saturated heterocycles. The van der Waals surface area contributed by atoms with E-state index in [4.69, 9.17) is 9.47 Å². The van der Waals surface area contributed by atoms with Crippen LogP contribution in [0.1, 0.15) is 35.0 Å². The highest BCUT2D eigenvalue weighted by Gasteiger charge is 2.25. The predicted octanol–water partition coefficient (Wildman–Crippen LogP) is 2.13. The molecule has 2 atom stereocenters. The van der Waals surface area contributed by atoms with E-state index < -0.39 is 5.97 Å². The molecule has 1 unspecified atom stereocenters. The van der Waals surface area contributed by atoms with Gasteiger partial charge in [-0.25, -0.2) is 4.79 Å². The topological polar surface area (TPSA) is 69.1 Å². The van der Waals surface area contributed by atoms with Crippen molar-refractivity contribution in [1.29, 1.82) is 0 Å². The van der Waals surface area contributed by atoms with Crippen LogP contribution in [0.25, 0.3) is 0 Å². The summed E-state index contributed by atoms with van der Waals surface area (Å²) in [7, 11) is 0. The first kappa shape index (κ1) is 20.5. The fourth-order valence-corrected chi connectivity index (χ4v) is 4.17. The third kappa shape index (κ3) is 5.89. The lowest BCUT2D eigenvalue weighted by molar-refractivity contribution is -0.908. The number of amides is 1. The van der Waals surface area contributed by atoms with Crippen molar-refractivity contribution in [3.8, 4) is 0 Å². The number of rotatable bonds is 9. The number of carbonyl (C=O) groups is 2. The summed E-state index contributed by atoms with van der Waals surface area (Å²) < 4.78 is 10.8. The zero-order valence-corrected chi connectivity index (χ0v) is 16.9. The minimum atomic E-state index is -0.430. The fourth-order valence-electron chi connectivity index (χ4n) is 3.39. The number of para-hydroxylation sites is 1. The summed E-state index contributed by atoms with van der Waals surface area (Å²) in [5, 5.41) is 4.94. The molecule has 7 heteroatoms. The molecule has 2 heterocycles. The van der Waals surface area contributed by atoms with Crippen molar-refractivity contribution < 1.29 is 24.0 Å². The van der Waals surface area contributed by atoms with Gasteiger partial charge in [0.25, 0.3) is 5.91 Å². The molecule has 1 aromatic heterocycles. The summed E-state index contributed by atoms with van der Waals surface area (Å²) in [6.45, 7) is 4.75. The first-order chi connectivity index (χ1) is 13.7. The van der Waals surface area contributed by atoms with Crippen LogP contribution < -0.4 is 10.2 Å². The van der Waals surface area contributed by atoms with Crippen LogP contribution >= 0.6 is 11.3 Å². The van der Waals surface area contributed by atoms with E-state index in [2.05, 4.69) is 16.8 Å². The number of carbonyl (C=O) groups excluding carboxylic acids is 2. The highest BCUT2D eigenvalue weighted by molar-refractivity contribution is 7.09. The third-order valence-electron chi connectivity index (χ3n) is 4.65. The Hall–Kier alpha value is -2.22. The highest BCUT2D eigenvalue weighted by Crippen LogP contribution is 2.16. The van der Waals surface area contributed by atoms with Gasteiger partial charge in [-0.3, -0.25) is 4.79 Å². The van der Waals surface area contributed by atoms with Crippen molar-refractivity contribution in [1.82, 2.24) is 0 Å². The largest absolute Gasteiger partial charge is 0.462 e. The van der Waals surface area contributed by atoms with Gasteiger partial charge in [0.2, 0.25) is 0 Å². The number of esters is 1. The molecule has 150 valence electrons. The van der Waals surface area contributed by atoms with E-state index in [1.165, 1.54) is 4.88 Å². The predicted molar refractivity (Wildman–Crippen MR) is 109 cm³/mol. The monoisotopic (exact) mass is 403 g/mol. The molecule has 2 N–H and O–H groups in total. The van der Waals surface area contributed by atoms with E-state index in [9.17, 15) is 9.59 Å². The Balaban J connectivity index is 1.65. The van der Waals surface area contributed by atoms with Crippen molar-refractivity contribution in [3.05, 3.63) is 52.2 Å². The molecule has 0 bridgehead atoms. The Labute approximate surface area is 169 Å². The Kier molecular flexibility index (Phi) is 7.59. The van der Waals surface area contributed by atoms with Gasteiger partial charge in [0.05, 0.1) is 22.7 Å². The van der Waals surface area contributed by atoms with Gasteiger partial charge in [0.15, 0.2) is 6.54 Å². The smallest absolute Gasteiger partial charge is 0.340 e. The standard InChI is InChI=1S/C21H26N2O4S/c1-2-26-21(25)18-9-3-4-10-19(18)22-20(24)15-23(13-16-7-5-11-27-16)14-17-8-6-12-28-17/h3-4,6,8-10,12,16H,2,5,7,11,13-15H2,1H3,(H,22,24)/p+1/t16-/m1/s1. The minimum absolute atomic E-state index is 0.124. The molecule has 0 radical (unpaired) electrons. The summed E-state index contributed by atoms with van der Waals surface area (Å²) in [6.07, 6.45) is 2.33. The van der Waals surface area contributed by atoms with E-state index in [0.29, 0.717) is 24.4 Å². The van der Waals surface area contributed by atoms with Crippen LogP contribution in [0.2, 0.25) is 0 Å². The molecular weight excluding hydrogens is 376 g/mol. The van der Waals surface area contributed by atoms with Gasteiger partial charge >= 0.3 is 5.97 Å². The van der Waals surface area contributed by atoms with Crippen LogP contribution in [0, 0.1) is 0 Å². The number of ether oxygens (including phenoxy) is 2. The molecule has 1 aromatic carbocycles. The molecule has 0 aliphatic carbocycles. The Morgan fingerprint density at radius 1 is 1.29 bits per heavy atom. The summed E-state index contributed by atoms with van der Waals surface area (Å²) in [4.78, 5) is 27.2. The lowest BCUT2D eigenvalue weighted by atomic mass is 10.1. The van der Waals surface area contributed by atoms with Gasteiger partial charge in [-0.1, -0.05) is 18.2 Å². The summed E-state index contributed by atoms with van der Waals surface area (Å²) >= 11 is 1.70. The lowest BCUT2D eigenvalue weighted by Crippen LogP contribution is -3.12. The zero-order chi connectivity index (χ0) is 19.8. The van der Waals surface area contributed by atoms with Gasteiger partial charge in [0.1, 0.15) is 19.2 Å². The summed E-state index contributed by atoms with van der Waals surface area (Å²) in [5.41, 5.74) is 0.857. The number of thiophene rings is 1. The number of hydrogen-bond acceptors (Lipinski definition) is 5. The molecule has 1 amide bonds. The minimum Gasteiger partial charge on any atom is -0.462 e. The fraction of sp³-hybridized carbons (Fsp3) is 0.429. The molecule has 28 heavy (non-hydrogen) atoms. The molecule has 2 aromatic rings. The zero-order valence-electron chi connectivity index (χ0n) is 16.1. The van der Waals surface area contributed by atoms with Crippen molar-refractivity contribution in [3.63, 3.8) is 0 Å². The molecule has 0 spiro atoms. The van der Waals surface area contributed by atoms with E-state index in [-0.39, 0.29) is 12.0 Å². The Bertz CT molecular complexity index is 772. The summed E-state index contributed by atoms with van der Waals surface area (Å²) in [6, 6.07) is 11.1. The van der Waals surface area contributed by atoms with Gasteiger partial charge < -0.3 is 19.7 Å². The van der Waals surface area contributed by atoms with Crippen LogP contribution in [0.15, 0.2) is 41.8 Å². The maximum Gasteiger partial charge on any atom is 0.340 e. The van der Waals surface area contributed by atoms with Crippen LogP contribution in [0.3, 0.4) is 0 Å². The molecule has 0 saturated carbocycles. The molecule has 1 aliphatic heterocycles. The average molecular weight is 404 g/mol. The van der Waals surface area contributed by atoms with E-state index in [1.807, 2.05) is 6.07 Å². The highest BCUT2D eigenvalue weighted by atomic mass is 32.1. The number of nitrogens with one attached hydrogen (secondary N) is 2. The summed E-state index contributed by atoms with van der Waals surface area (Å²) in [5.74, 6) is -0.554. The van der Waals surface area contributed by atoms with Crippen LogP contribution in [-0.4, -0.2) is 44.3 Å². The normalized spacial score (nSPS) is 17.2. The van der Waals surface area contributed by atoms with Crippen molar-refractivity contribution >= 4 is 28.9 Å². The van der Waals surface area contributed by atoms with Gasteiger partial charge in [-0.05, 0) is 43.3 Å². The van der Waals surface area contributed by atoms with Gasteiger partial charge in [-0.2, -0.15) is 0 Å². The Morgan fingerprint density at radius 2 is 2.14 bits per heavy atom. The number of benzene rings is 1. The third-order valence-corrected chi connectivity index (χ3v) is 5.53. The van der Waals surface area contributed by atoms with E-state index in [0.717, 1.165) is 37.4 Å². The van der Waals surface area contributed by atoms with Crippen molar-refractivity contribution in [2.75, 3.05) is 31.6 Å². The SMILES string of the molecule is CCOC(=O)c1ccccc1NC(=O)C[NH+](Cc1cccs1)C[C@H]1CCCO1. The van der Waals surface area contributed by atoms with Crippen LogP contribution in [-0.2, 0) is 20.8 Å². The van der Waals surface area contributed by atoms with Crippen molar-refractivity contribution in [2.45, 2.75) is 32.4 Å². The lowest BCUT2D eigenvalue weighted by Gasteiger charge is -2.21. The van der Waals surface area contributed by atoms with E-state index >= 15 is 0 Å². The molecular formula is C21H27N2O4S+. The van der Waals surface area contributed by atoms with Crippen LogP contribution in [0.5, 0.6) is 0 Å². The second-order valence-corrected chi connectivity index (χ2v) is 7.87.